The summed E-state index contributed by atoms with van der Waals surface area (Å²) in [6, 6.07) is -0.0522. The van der Waals surface area contributed by atoms with Crippen LogP contribution in [0.5, 0.6) is 0 Å². The van der Waals surface area contributed by atoms with Crippen molar-refractivity contribution in [2.75, 3.05) is 25.4 Å². The zero-order valence-corrected chi connectivity index (χ0v) is 10.2. The minimum absolute atomic E-state index is 0.0522. The molecule has 1 aliphatic rings. The van der Waals surface area contributed by atoms with Crippen molar-refractivity contribution < 1.29 is 18.3 Å². The third-order valence-electron chi connectivity index (χ3n) is 2.59. The molecular formula is C9H18N2O4S. The maximum Gasteiger partial charge on any atom is 0.303 e. The molecule has 1 rings (SSSR count). The summed E-state index contributed by atoms with van der Waals surface area (Å²) in [5.41, 5.74) is 0. The Bertz CT molecular complexity index is 341. The van der Waals surface area contributed by atoms with Crippen LogP contribution in [0.25, 0.3) is 0 Å². The van der Waals surface area contributed by atoms with Crippen molar-refractivity contribution in [2.24, 2.45) is 0 Å². The van der Waals surface area contributed by atoms with Gasteiger partial charge in [0.15, 0.2) is 0 Å². The highest BCUT2D eigenvalue weighted by atomic mass is 32.2. The highest BCUT2D eigenvalue weighted by Gasteiger charge is 2.28. The van der Waals surface area contributed by atoms with Gasteiger partial charge in [-0.2, -0.15) is 4.31 Å². The smallest absolute Gasteiger partial charge is 0.303 e. The van der Waals surface area contributed by atoms with Crippen LogP contribution in [0.4, 0.5) is 0 Å². The van der Waals surface area contributed by atoms with Crippen LogP contribution < -0.4 is 5.32 Å². The van der Waals surface area contributed by atoms with E-state index in [0.717, 1.165) is 0 Å². The fourth-order valence-corrected chi connectivity index (χ4v) is 3.49. The van der Waals surface area contributed by atoms with Gasteiger partial charge >= 0.3 is 5.97 Å². The molecule has 1 fully saturated rings. The minimum Gasteiger partial charge on any atom is -0.481 e. The maximum atomic E-state index is 11.9. The molecule has 7 heteroatoms. The minimum atomic E-state index is -3.30. The van der Waals surface area contributed by atoms with Crippen LogP contribution in [0, 0.1) is 0 Å². The van der Waals surface area contributed by atoms with E-state index in [1.807, 2.05) is 6.92 Å². The molecule has 0 aromatic carbocycles. The molecule has 94 valence electrons. The number of nitrogens with one attached hydrogen (secondary N) is 1. The largest absolute Gasteiger partial charge is 0.481 e. The number of sulfonamides is 1. The van der Waals surface area contributed by atoms with Crippen LogP contribution in [0.2, 0.25) is 0 Å². The Kier molecular flexibility index (Phi) is 4.69. The first kappa shape index (κ1) is 13.4. The van der Waals surface area contributed by atoms with Gasteiger partial charge in [-0.1, -0.05) is 0 Å². The number of hydrogen-bond donors (Lipinski definition) is 2. The van der Waals surface area contributed by atoms with Gasteiger partial charge in [-0.05, 0) is 13.3 Å². The number of piperazine rings is 1. The van der Waals surface area contributed by atoms with Gasteiger partial charge < -0.3 is 10.4 Å². The summed E-state index contributed by atoms with van der Waals surface area (Å²) in [5, 5.41) is 11.6. The van der Waals surface area contributed by atoms with Crippen LogP contribution >= 0.6 is 0 Å². The van der Waals surface area contributed by atoms with Crippen molar-refractivity contribution in [3.63, 3.8) is 0 Å². The van der Waals surface area contributed by atoms with Crippen molar-refractivity contribution in [2.45, 2.75) is 25.8 Å². The molecular weight excluding hydrogens is 232 g/mol. The van der Waals surface area contributed by atoms with Gasteiger partial charge in [-0.25, -0.2) is 8.42 Å². The predicted octanol–water partition coefficient (Wildman–Crippen LogP) is -0.525. The summed E-state index contributed by atoms with van der Waals surface area (Å²) >= 11 is 0. The molecule has 1 heterocycles. The normalized spacial score (nSPS) is 23.2. The second-order valence-corrected chi connectivity index (χ2v) is 6.02. The molecule has 2 N–H and O–H groups in total. The summed E-state index contributed by atoms with van der Waals surface area (Å²) in [7, 11) is -3.30. The van der Waals surface area contributed by atoms with Gasteiger partial charge in [0.2, 0.25) is 10.0 Å². The molecule has 0 aromatic rings. The highest BCUT2D eigenvalue weighted by molar-refractivity contribution is 7.89. The lowest BCUT2D eigenvalue weighted by atomic mass is 10.3. The first-order chi connectivity index (χ1) is 7.43. The summed E-state index contributed by atoms with van der Waals surface area (Å²) in [6.45, 7) is 3.62. The molecule has 0 spiro atoms. The van der Waals surface area contributed by atoms with Gasteiger partial charge in [0.1, 0.15) is 0 Å². The van der Waals surface area contributed by atoms with E-state index in [1.165, 1.54) is 4.31 Å². The van der Waals surface area contributed by atoms with E-state index in [-0.39, 0.29) is 24.6 Å². The molecule has 16 heavy (non-hydrogen) atoms. The molecule has 0 saturated carbocycles. The van der Waals surface area contributed by atoms with Gasteiger partial charge in [0.25, 0.3) is 0 Å². The third kappa shape index (κ3) is 3.73. The lowest BCUT2D eigenvalue weighted by molar-refractivity contribution is -0.137. The number of carboxylic acid groups (broad SMARTS) is 1. The second-order valence-electron chi connectivity index (χ2n) is 3.98. The van der Waals surface area contributed by atoms with Crippen LogP contribution in [0.1, 0.15) is 19.8 Å². The molecule has 0 aliphatic carbocycles. The first-order valence-corrected chi connectivity index (χ1v) is 6.96. The van der Waals surface area contributed by atoms with E-state index < -0.39 is 16.0 Å². The average molecular weight is 250 g/mol. The van der Waals surface area contributed by atoms with Crippen LogP contribution in [-0.4, -0.2) is 55.2 Å². The summed E-state index contributed by atoms with van der Waals surface area (Å²) in [4.78, 5) is 10.3. The highest BCUT2D eigenvalue weighted by Crippen LogP contribution is 2.11. The topological polar surface area (TPSA) is 86.7 Å². The quantitative estimate of drug-likeness (QED) is 0.685. The van der Waals surface area contributed by atoms with Crippen molar-refractivity contribution in [3.05, 3.63) is 0 Å². The number of hydrogen-bond acceptors (Lipinski definition) is 4. The summed E-state index contributed by atoms with van der Waals surface area (Å²) in [5.74, 6) is -1.03. The Morgan fingerprint density at radius 1 is 1.56 bits per heavy atom. The Labute approximate surface area is 95.7 Å². The zero-order valence-electron chi connectivity index (χ0n) is 9.35. The molecule has 0 radical (unpaired) electrons. The monoisotopic (exact) mass is 250 g/mol. The zero-order chi connectivity index (χ0) is 12.2. The number of rotatable bonds is 5. The molecule has 1 saturated heterocycles. The molecule has 1 atom stereocenters. The maximum absolute atomic E-state index is 11.9. The van der Waals surface area contributed by atoms with E-state index in [0.29, 0.717) is 19.6 Å². The van der Waals surface area contributed by atoms with Crippen molar-refractivity contribution in [1.29, 1.82) is 0 Å². The molecule has 0 bridgehead atoms. The summed E-state index contributed by atoms with van der Waals surface area (Å²) in [6.07, 6.45) is 0.0774. The Balaban J connectivity index is 2.51. The van der Waals surface area contributed by atoms with E-state index in [2.05, 4.69) is 5.32 Å². The molecule has 0 aromatic heterocycles. The lowest BCUT2D eigenvalue weighted by Gasteiger charge is -2.32. The van der Waals surface area contributed by atoms with E-state index in [4.69, 9.17) is 5.11 Å². The molecule has 0 amide bonds. The van der Waals surface area contributed by atoms with Crippen molar-refractivity contribution in [1.82, 2.24) is 9.62 Å². The first-order valence-electron chi connectivity index (χ1n) is 5.35. The molecule has 1 aliphatic heterocycles. The van der Waals surface area contributed by atoms with Crippen LogP contribution in [0.3, 0.4) is 0 Å². The SMILES string of the molecule is CC1CNCCN1S(=O)(=O)CCCC(=O)O. The standard InChI is InChI=1S/C9H18N2O4S/c1-8-7-10-4-5-11(8)16(14,15)6-2-3-9(12)13/h8,10H,2-7H2,1H3,(H,12,13). The van der Waals surface area contributed by atoms with Crippen molar-refractivity contribution >= 4 is 16.0 Å². The number of nitrogens with zero attached hydrogens (tertiary/aromatic N) is 1. The number of carboxylic acids is 1. The lowest BCUT2D eigenvalue weighted by Crippen LogP contribution is -2.52. The Hall–Kier alpha value is -0.660. The van der Waals surface area contributed by atoms with E-state index in [9.17, 15) is 13.2 Å². The molecule has 1 unspecified atom stereocenters. The predicted molar refractivity (Wildman–Crippen MR) is 59.7 cm³/mol. The van der Waals surface area contributed by atoms with Crippen LogP contribution in [-0.2, 0) is 14.8 Å². The Morgan fingerprint density at radius 3 is 2.81 bits per heavy atom. The second kappa shape index (κ2) is 5.60. The molecule has 6 nitrogen and oxygen atoms in total. The Morgan fingerprint density at radius 2 is 2.25 bits per heavy atom. The third-order valence-corrected chi connectivity index (χ3v) is 4.65. The fourth-order valence-electron chi connectivity index (χ4n) is 1.76. The number of aliphatic carboxylic acids is 1. The fraction of sp³-hybridized carbons (Fsp3) is 0.889. The van der Waals surface area contributed by atoms with Gasteiger partial charge in [-0.3, -0.25) is 4.79 Å². The van der Waals surface area contributed by atoms with Crippen molar-refractivity contribution in [3.8, 4) is 0 Å². The van der Waals surface area contributed by atoms with Gasteiger partial charge in [-0.15, -0.1) is 0 Å². The summed E-state index contributed by atoms with van der Waals surface area (Å²) < 4.78 is 25.2. The average Bonchev–Trinajstić information content (AvgIpc) is 2.17. The van der Waals surface area contributed by atoms with Gasteiger partial charge in [0.05, 0.1) is 5.75 Å². The van der Waals surface area contributed by atoms with E-state index in [1.54, 1.807) is 0 Å². The van der Waals surface area contributed by atoms with Crippen LogP contribution in [0.15, 0.2) is 0 Å². The van der Waals surface area contributed by atoms with Gasteiger partial charge in [0, 0.05) is 32.1 Å². The number of carbonyl (C=O) groups is 1. The van der Waals surface area contributed by atoms with E-state index >= 15 is 0 Å².